The van der Waals surface area contributed by atoms with Crippen molar-refractivity contribution in [1.82, 2.24) is 4.57 Å². The number of fused-ring (bicyclic) bond motifs is 7. The molecule has 3 heteroatoms. The third kappa shape index (κ3) is 5.05. The maximum Gasteiger partial charge on any atom is 0.143 e. The normalized spacial score (nSPS) is 11.6. The second-order valence-electron chi connectivity index (χ2n) is 14.1. The van der Waals surface area contributed by atoms with Gasteiger partial charge in [-0.25, -0.2) is 0 Å². The van der Waals surface area contributed by atoms with Gasteiger partial charge in [0, 0.05) is 49.4 Å². The standard InChI is InChI=1S/C52H34N2O/c1-2-15-40-35(13-1)14-11-25-47(40)53(39-33-29-37(30-34-39)42-20-12-21-46-45-19-6-10-26-51(45)55-52(42)46)38-31-27-36(28-32-38)41-16-3-7-22-48(41)54-49-23-8-4-17-43(49)44-18-5-9-24-50(44)54/h1-34H. The lowest BCUT2D eigenvalue weighted by Gasteiger charge is -2.27. The first-order chi connectivity index (χ1) is 27.3. The number of anilines is 3. The molecule has 258 valence electrons. The van der Waals surface area contributed by atoms with Gasteiger partial charge in [-0.05, 0) is 71.1 Å². The minimum Gasteiger partial charge on any atom is -0.455 e. The van der Waals surface area contributed by atoms with Crippen LogP contribution in [0, 0.1) is 0 Å². The summed E-state index contributed by atoms with van der Waals surface area (Å²) in [5.41, 5.74) is 13.2. The Morgan fingerprint density at radius 3 is 1.60 bits per heavy atom. The molecule has 0 saturated heterocycles. The van der Waals surface area contributed by atoms with E-state index >= 15 is 0 Å². The molecule has 0 aliphatic carbocycles. The van der Waals surface area contributed by atoms with Gasteiger partial charge in [-0.3, -0.25) is 0 Å². The molecular formula is C52H34N2O. The number of rotatable bonds is 6. The van der Waals surface area contributed by atoms with Crippen LogP contribution in [0.5, 0.6) is 0 Å². The molecule has 0 radical (unpaired) electrons. The summed E-state index contributed by atoms with van der Waals surface area (Å²) in [5, 5.41) is 7.19. The molecule has 11 aromatic rings. The summed E-state index contributed by atoms with van der Waals surface area (Å²) in [7, 11) is 0. The van der Waals surface area contributed by atoms with Crippen molar-refractivity contribution < 1.29 is 4.42 Å². The van der Waals surface area contributed by atoms with Gasteiger partial charge in [0.05, 0.1) is 22.4 Å². The Kier molecular flexibility index (Phi) is 7.17. The highest BCUT2D eigenvalue weighted by molar-refractivity contribution is 6.11. The molecule has 0 aliphatic heterocycles. The van der Waals surface area contributed by atoms with Crippen molar-refractivity contribution in [3.8, 4) is 27.9 Å². The predicted octanol–water partition coefficient (Wildman–Crippen LogP) is 14.6. The van der Waals surface area contributed by atoms with Crippen molar-refractivity contribution in [2.75, 3.05) is 4.90 Å². The van der Waals surface area contributed by atoms with Crippen molar-refractivity contribution in [1.29, 1.82) is 0 Å². The van der Waals surface area contributed by atoms with E-state index < -0.39 is 0 Å². The van der Waals surface area contributed by atoms with Gasteiger partial charge >= 0.3 is 0 Å². The molecule has 9 aromatic carbocycles. The first-order valence-corrected chi connectivity index (χ1v) is 18.8. The topological polar surface area (TPSA) is 21.3 Å². The Morgan fingerprint density at radius 2 is 0.873 bits per heavy atom. The second-order valence-corrected chi connectivity index (χ2v) is 14.1. The van der Waals surface area contributed by atoms with Crippen LogP contribution in [0.1, 0.15) is 0 Å². The number of nitrogens with zero attached hydrogens (tertiary/aromatic N) is 2. The molecule has 2 aromatic heterocycles. The Hall–Kier alpha value is -7.36. The summed E-state index contributed by atoms with van der Waals surface area (Å²) in [6, 6.07) is 73.9. The molecule has 55 heavy (non-hydrogen) atoms. The molecule has 0 N–H and O–H groups in total. The lowest BCUT2D eigenvalue weighted by Crippen LogP contribution is -2.10. The molecule has 0 bridgehead atoms. The molecule has 0 unspecified atom stereocenters. The zero-order valence-electron chi connectivity index (χ0n) is 29.9. The molecule has 0 saturated carbocycles. The largest absolute Gasteiger partial charge is 0.455 e. The first-order valence-electron chi connectivity index (χ1n) is 18.8. The van der Waals surface area contributed by atoms with Gasteiger partial charge in [-0.2, -0.15) is 0 Å². The Morgan fingerprint density at radius 1 is 0.364 bits per heavy atom. The van der Waals surface area contributed by atoms with Crippen LogP contribution >= 0.6 is 0 Å². The highest BCUT2D eigenvalue weighted by Crippen LogP contribution is 2.42. The van der Waals surface area contributed by atoms with E-state index in [9.17, 15) is 0 Å². The third-order valence-electron chi connectivity index (χ3n) is 11.0. The number of aromatic nitrogens is 1. The SMILES string of the molecule is c1ccc(-n2c3ccccc3c3ccccc32)c(-c2ccc(N(c3ccc(-c4cccc5c4oc4ccccc45)cc3)c3cccc4ccccc34)cc2)c1. The Bertz CT molecular complexity index is 3150. The van der Waals surface area contributed by atoms with E-state index in [-0.39, 0.29) is 0 Å². The van der Waals surface area contributed by atoms with E-state index in [1.807, 2.05) is 12.1 Å². The highest BCUT2D eigenvalue weighted by atomic mass is 16.3. The van der Waals surface area contributed by atoms with Gasteiger partial charge in [0.1, 0.15) is 11.2 Å². The molecule has 11 rings (SSSR count). The maximum atomic E-state index is 6.41. The van der Waals surface area contributed by atoms with E-state index in [0.717, 1.165) is 61.4 Å². The molecular weight excluding hydrogens is 669 g/mol. The molecule has 0 fully saturated rings. The predicted molar refractivity (Wildman–Crippen MR) is 231 cm³/mol. The van der Waals surface area contributed by atoms with Crippen LogP contribution in [0.15, 0.2) is 211 Å². The highest BCUT2D eigenvalue weighted by Gasteiger charge is 2.19. The maximum absolute atomic E-state index is 6.41. The number of para-hydroxylation sites is 5. The van der Waals surface area contributed by atoms with Gasteiger partial charge in [-0.1, -0.05) is 152 Å². The molecule has 0 spiro atoms. The van der Waals surface area contributed by atoms with Gasteiger partial charge in [-0.15, -0.1) is 0 Å². The van der Waals surface area contributed by atoms with Gasteiger partial charge in [0.15, 0.2) is 0 Å². The van der Waals surface area contributed by atoms with E-state index in [4.69, 9.17) is 4.42 Å². The minimum atomic E-state index is 0.907. The van der Waals surface area contributed by atoms with Crippen molar-refractivity contribution in [2.24, 2.45) is 0 Å². The number of benzene rings is 9. The van der Waals surface area contributed by atoms with Crippen molar-refractivity contribution in [3.63, 3.8) is 0 Å². The monoisotopic (exact) mass is 702 g/mol. The second kappa shape index (κ2) is 12.6. The molecule has 0 atom stereocenters. The van der Waals surface area contributed by atoms with E-state index in [1.54, 1.807) is 0 Å². The quantitative estimate of drug-likeness (QED) is 0.172. The lowest BCUT2D eigenvalue weighted by atomic mass is 10.0. The summed E-state index contributed by atoms with van der Waals surface area (Å²) in [4.78, 5) is 2.37. The van der Waals surface area contributed by atoms with Crippen LogP contribution in [0.3, 0.4) is 0 Å². The summed E-state index contributed by atoms with van der Waals surface area (Å²) in [5.74, 6) is 0. The van der Waals surface area contributed by atoms with Crippen LogP contribution < -0.4 is 4.90 Å². The number of hydrogen-bond donors (Lipinski definition) is 0. The first kappa shape index (κ1) is 31.2. The average molecular weight is 703 g/mol. The Labute approximate surface area is 318 Å². The molecule has 2 heterocycles. The van der Waals surface area contributed by atoms with Crippen molar-refractivity contribution in [3.05, 3.63) is 206 Å². The van der Waals surface area contributed by atoms with Crippen LogP contribution in [-0.2, 0) is 0 Å². The lowest BCUT2D eigenvalue weighted by molar-refractivity contribution is 0.670. The Balaban J connectivity index is 1.03. The van der Waals surface area contributed by atoms with Crippen LogP contribution in [0.25, 0.3) is 82.5 Å². The molecule has 3 nitrogen and oxygen atoms in total. The number of hydrogen-bond acceptors (Lipinski definition) is 2. The smallest absolute Gasteiger partial charge is 0.143 e. The average Bonchev–Trinajstić information content (AvgIpc) is 3.81. The fourth-order valence-corrected chi connectivity index (χ4v) is 8.48. The number of furan rings is 1. The van der Waals surface area contributed by atoms with Crippen LogP contribution in [-0.4, -0.2) is 4.57 Å². The van der Waals surface area contributed by atoms with E-state index in [0.29, 0.717) is 0 Å². The summed E-state index contributed by atoms with van der Waals surface area (Å²) in [6.45, 7) is 0. The fourth-order valence-electron chi connectivity index (χ4n) is 8.48. The summed E-state index contributed by atoms with van der Waals surface area (Å²) in [6.07, 6.45) is 0. The minimum absolute atomic E-state index is 0.907. The molecule has 0 amide bonds. The van der Waals surface area contributed by atoms with Crippen LogP contribution in [0.4, 0.5) is 17.1 Å². The van der Waals surface area contributed by atoms with E-state index in [1.165, 1.54) is 38.1 Å². The van der Waals surface area contributed by atoms with Gasteiger partial charge in [0.25, 0.3) is 0 Å². The zero-order valence-corrected chi connectivity index (χ0v) is 29.9. The third-order valence-corrected chi connectivity index (χ3v) is 11.0. The zero-order chi connectivity index (χ0) is 36.3. The van der Waals surface area contributed by atoms with Crippen molar-refractivity contribution in [2.45, 2.75) is 0 Å². The van der Waals surface area contributed by atoms with Crippen LogP contribution in [0.2, 0.25) is 0 Å². The summed E-state index contributed by atoms with van der Waals surface area (Å²) >= 11 is 0. The van der Waals surface area contributed by atoms with Crippen molar-refractivity contribution >= 4 is 71.6 Å². The summed E-state index contributed by atoms with van der Waals surface area (Å²) < 4.78 is 8.82. The van der Waals surface area contributed by atoms with E-state index in [2.05, 4.69) is 204 Å². The van der Waals surface area contributed by atoms with Gasteiger partial charge in [0.2, 0.25) is 0 Å². The van der Waals surface area contributed by atoms with Gasteiger partial charge < -0.3 is 13.9 Å². The fraction of sp³-hybridized carbons (Fsp3) is 0. The molecule has 0 aliphatic rings.